The Kier molecular flexibility index (Phi) is 10.4. The van der Waals surface area contributed by atoms with Crippen molar-refractivity contribution in [1.82, 2.24) is 10.2 Å². The van der Waals surface area contributed by atoms with Crippen molar-refractivity contribution in [2.75, 3.05) is 0 Å². The maximum atomic E-state index is 13.7. The van der Waals surface area contributed by atoms with E-state index in [1.54, 1.807) is 17.0 Å². The third-order valence-electron chi connectivity index (χ3n) is 6.38. The monoisotopic (exact) mass is 524 g/mol. The Morgan fingerprint density at radius 1 is 0.944 bits per heavy atom. The summed E-state index contributed by atoms with van der Waals surface area (Å²) in [5.74, 6) is -0.260. The number of nitrogens with zero attached hydrogens (tertiary/aromatic N) is 1. The van der Waals surface area contributed by atoms with Crippen molar-refractivity contribution in [2.24, 2.45) is 0 Å². The predicted octanol–water partition coefficient (Wildman–Crippen LogP) is 6.79. The summed E-state index contributed by atoms with van der Waals surface area (Å²) < 4.78 is 0. The van der Waals surface area contributed by atoms with Gasteiger partial charge in [0, 0.05) is 35.5 Å². The minimum Gasteiger partial charge on any atom is -0.352 e. The molecule has 0 radical (unpaired) electrons. The first-order valence-electron chi connectivity index (χ1n) is 12.4. The van der Waals surface area contributed by atoms with Crippen LogP contribution in [0, 0.1) is 6.92 Å². The van der Waals surface area contributed by atoms with Crippen LogP contribution in [0.1, 0.15) is 48.9 Å². The average Bonchev–Trinajstić information content (AvgIpc) is 2.87. The second-order valence-electron chi connectivity index (χ2n) is 9.27. The molecule has 0 aromatic heterocycles. The Hall–Kier alpha value is -2.82. The number of nitrogens with one attached hydrogen (secondary N) is 1. The molecule has 0 unspecified atom stereocenters. The second kappa shape index (κ2) is 13.5. The fraction of sp³-hybridized carbons (Fsp3) is 0.333. The van der Waals surface area contributed by atoms with Crippen LogP contribution in [0.4, 0.5) is 0 Å². The van der Waals surface area contributed by atoms with E-state index < -0.39 is 6.04 Å². The summed E-state index contributed by atoms with van der Waals surface area (Å²) in [5.41, 5.74) is 4.00. The highest BCUT2D eigenvalue weighted by Gasteiger charge is 2.31. The van der Waals surface area contributed by atoms with E-state index in [0.29, 0.717) is 22.9 Å². The fourth-order valence-electron chi connectivity index (χ4n) is 3.98. The topological polar surface area (TPSA) is 49.4 Å². The molecule has 0 bridgehead atoms. The maximum Gasteiger partial charge on any atom is 0.243 e. The molecule has 4 nitrogen and oxygen atoms in total. The van der Waals surface area contributed by atoms with Gasteiger partial charge in [0.1, 0.15) is 6.04 Å². The van der Waals surface area contributed by atoms with Gasteiger partial charge in [-0.1, -0.05) is 96.4 Å². The fourth-order valence-corrected chi connectivity index (χ4v) is 4.45. The third-order valence-corrected chi connectivity index (χ3v) is 6.96. The van der Waals surface area contributed by atoms with Crippen molar-refractivity contribution in [3.05, 3.63) is 105 Å². The van der Waals surface area contributed by atoms with Crippen molar-refractivity contribution < 1.29 is 9.59 Å². The lowest BCUT2D eigenvalue weighted by molar-refractivity contribution is -0.141. The van der Waals surface area contributed by atoms with Crippen molar-refractivity contribution in [3.63, 3.8) is 0 Å². The summed E-state index contributed by atoms with van der Waals surface area (Å²) in [5, 5.41) is 4.08. The number of hydrogen-bond donors (Lipinski definition) is 1. The van der Waals surface area contributed by atoms with Gasteiger partial charge in [0.2, 0.25) is 11.8 Å². The molecule has 0 heterocycles. The number of rotatable bonds is 11. The zero-order valence-corrected chi connectivity index (χ0v) is 22.6. The molecule has 0 aliphatic heterocycles. The minimum atomic E-state index is -0.682. The molecular weight excluding hydrogens is 491 g/mol. The molecule has 3 aromatic carbocycles. The van der Waals surface area contributed by atoms with Gasteiger partial charge in [-0.15, -0.1) is 0 Å². The molecule has 2 atom stereocenters. The lowest BCUT2D eigenvalue weighted by Crippen LogP contribution is -2.52. The van der Waals surface area contributed by atoms with Crippen LogP contribution < -0.4 is 5.32 Å². The summed E-state index contributed by atoms with van der Waals surface area (Å²) in [6.45, 7) is 6.25. The molecule has 1 N–H and O–H groups in total. The summed E-state index contributed by atoms with van der Waals surface area (Å²) in [7, 11) is 0. The van der Waals surface area contributed by atoms with Crippen molar-refractivity contribution in [2.45, 2.75) is 65.1 Å². The normalized spacial score (nSPS) is 12.6. The van der Waals surface area contributed by atoms with Crippen molar-refractivity contribution in [1.29, 1.82) is 0 Å². The molecule has 190 valence electrons. The molecule has 0 aliphatic carbocycles. The number of amides is 2. The first kappa shape index (κ1) is 27.8. The summed E-state index contributed by atoms with van der Waals surface area (Å²) in [4.78, 5) is 29.0. The molecule has 0 saturated carbocycles. The van der Waals surface area contributed by atoms with E-state index in [2.05, 4.69) is 5.32 Å². The molecule has 0 fully saturated rings. The zero-order chi connectivity index (χ0) is 26.1. The van der Waals surface area contributed by atoms with Crippen LogP contribution in [0.2, 0.25) is 10.0 Å². The highest BCUT2D eigenvalue weighted by Crippen LogP contribution is 2.25. The van der Waals surface area contributed by atoms with E-state index in [-0.39, 0.29) is 30.8 Å². The molecule has 3 aromatic rings. The van der Waals surface area contributed by atoms with E-state index in [1.165, 1.54) is 5.56 Å². The number of aryl methyl sites for hydroxylation is 2. The van der Waals surface area contributed by atoms with Gasteiger partial charge in [-0.25, -0.2) is 0 Å². The van der Waals surface area contributed by atoms with Crippen LogP contribution in [0.3, 0.4) is 0 Å². The van der Waals surface area contributed by atoms with Crippen LogP contribution in [0.5, 0.6) is 0 Å². The van der Waals surface area contributed by atoms with Gasteiger partial charge in [-0.3, -0.25) is 9.59 Å². The Labute approximate surface area is 224 Å². The van der Waals surface area contributed by atoms with E-state index >= 15 is 0 Å². The second-order valence-corrected chi connectivity index (χ2v) is 10.1. The van der Waals surface area contributed by atoms with Gasteiger partial charge < -0.3 is 10.2 Å². The quantitative estimate of drug-likeness (QED) is 0.300. The standard InChI is InChI=1S/C30H34Cl2N2O2/c1-4-22(3)33-30(36)28(18-24-8-6-5-7-9-24)34(20-25-15-16-26(31)19-27(25)32)29(35)17-14-23-12-10-21(2)11-13-23/h5-13,15-16,19,22,28H,4,14,17-18,20H2,1-3H3,(H,33,36)/t22-,28-/m0/s1. The Morgan fingerprint density at radius 2 is 1.64 bits per heavy atom. The van der Waals surface area contributed by atoms with E-state index in [4.69, 9.17) is 23.2 Å². The smallest absolute Gasteiger partial charge is 0.243 e. The minimum absolute atomic E-state index is 0.000552. The van der Waals surface area contributed by atoms with Crippen molar-refractivity contribution in [3.8, 4) is 0 Å². The maximum absolute atomic E-state index is 13.7. The SMILES string of the molecule is CC[C@H](C)NC(=O)[C@H](Cc1ccccc1)N(Cc1ccc(Cl)cc1Cl)C(=O)CCc1ccc(C)cc1. The largest absolute Gasteiger partial charge is 0.352 e. The first-order valence-corrected chi connectivity index (χ1v) is 13.2. The van der Waals surface area contributed by atoms with Gasteiger partial charge >= 0.3 is 0 Å². The summed E-state index contributed by atoms with van der Waals surface area (Å²) >= 11 is 12.6. The molecule has 2 amide bonds. The highest BCUT2D eigenvalue weighted by atomic mass is 35.5. The summed E-state index contributed by atoms with van der Waals surface area (Å²) in [6, 6.07) is 22.5. The van der Waals surface area contributed by atoms with E-state index in [9.17, 15) is 9.59 Å². The van der Waals surface area contributed by atoms with Crippen LogP contribution >= 0.6 is 23.2 Å². The number of benzene rings is 3. The molecule has 6 heteroatoms. The molecule has 0 saturated heterocycles. The van der Waals surface area contributed by atoms with Crippen LogP contribution in [0.15, 0.2) is 72.8 Å². The molecule has 3 rings (SSSR count). The Bertz CT molecular complexity index is 1150. The van der Waals surface area contributed by atoms with Gasteiger partial charge in [0.25, 0.3) is 0 Å². The number of hydrogen-bond acceptors (Lipinski definition) is 2. The van der Waals surface area contributed by atoms with E-state index in [0.717, 1.165) is 23.1 Å². The zero-order valence-electron chi connectivity index (χ0n) is 21.1. The van der Waals surface area contributed by atoms with Crippen molar-refractivity contribution >= 4 is 35.0 Å². The lowest BCUT2D eigenvalue weighted by Gasteiger charge is -2.32. The van der Waals surface area contributed by atoms with Crippen LogP contribution in [-0.2, 0) is 29.0 Å². The van der Waals surface area contributed by atoms with Crippen LogP contribution in [0.25, 0.3) is 0 Å². The van der Waals surface area contributed by atoms with Crippen LogP contribution in [-0.4, -0.2) is 28.8 Å². The number of carbonyl (C=O) groups excluding carboxylic acids is 2. The van der Waals surface area contributed by atoms with Gasteiger partial charge in [-0.05, 0) is 55.5 Å². The highest BCUT2D eigenvalue weighted by molar-refractivity contribution is 6.35. The first-order chi connectivity index (χ1) is 17.3. The third kappa shape index (κ3) is 8.11. The molecule has 36 heavy (non-hydrogen) atoms. The van der Waals surface area contributed by atoms with Gasteiger partial charge in [0.05, 0.1) is 0 Å². The number of halogens is 2. The lowest BCUT2D eigenvalue weighted by atomic mass is 10.0. The Morgan fingerprint density at radius 3 is 2.28 bits per heavy atom. The average molecular weight is 526 g/mol. The predicted molar refractivity (Wildman–Crippen MR) is 148 cm³/mol. The molecule has 0 aliphatic rings. The van der Waals surface area contributed by atoms with E-state index in [1.807, 2.05) is 81.4 Å². The molecule has 0 spiro atoms. The Balaban J connectivity index is 1.93. The number of carbonyl (C=O) groups is 2. The van der Waals surface area contributed by atoms with Gasteiger partial charge in [0.15, 0.2) is 0 Å². The van der Waals surface area contributed by atoms with Gasteiger partial charge in [-0.2, -0.15) is 0 Å². The summed E-state index contributed by atoms with van der Waals surface area (Å²) in [6.07, 6.45) is 2.09. The molecular formula is C30H34Cl2N2O2.